The number of nitrogens with one attached hydrogen (secondary N) is 1. The van der Waals surface area contributed by atoms with E-state index in [1.165, 1.54) is 7.11 Å². The summed E-state index contributed by atoms with van der Waals surface area (Å²) in [6.45, 7) is 5.58. The Labute approximate surface area is 135 Å². The summed E-state index contributed by atoms with van der Waals surface area (Å²) in [6, 6.07) is 3.55. The van der Waals surface area contributed by atoms with E-state index in [-0.39, 0.29) is 6.61 Å². The molecule has 1 N–H and O–H groups in total. The highest BCUT2D eigenvalue weighted by Gasteiger charge is 2.37. The van der Waals surface area contributed by atoms with Gasteiger partial charge in [0, 0.05) is 23.8 Å². The van der Waals surface area contributed by atoms with Gasteiger partial charge in [0.1, 0.15) is 0 Å². The first-order valence-corrected chi connectivity index (χ1v) is 7.35. The number of allylic oxidation sites excluding steroid dienone is 2. The molecule has 122 valence electrons. The molecule has 2 heterocycles. The molecule has 0 saturated heterocycles. The molecule has 0 radical (unpaired) electrons. The molecule has 0 aromatic carbocycles. The molecule has 1 aromatic rings. The van der Waals surface area contributed by atoms with Crippen LogP contribution in [0.15, 0.2) is 47.1 Å². The maximum absolute atomic E-state index is 12.4. The van der Waals surface area contributed by atoms with Crippen molar-refractivity contribution in [1.29, 1.82) is 0 Å². The third kappa shape index (κ3) is 3.26. The number of rotatable bonds is 4. The van der Waals surface area contributed by atoms with Crippen LogP contribution in [0.1, 0.15) is 32.3 Å². The van der Waals surface area contributed by atoms with Gasteiger partial charge in [0.25, 0.3) is 0 Å². The monoisotopic (exact) mass is 316 g/mol. The van der Waals surface area contributed by atoms with Gasteiger partial charge in [-0.25, -0.2) is 9.59 Å². The van der Waals surface area contributed by atoms with Crippen LogP contribution >= 0.6 is 0 Å². The van der Waals surface area contributed by atoms with E-state index in [4.69, 9.17) is 9.47 Å². The molecule has 1 aromatic heterocycles. The summed E-state index contributed by atoms with van der Waals surface area (Å²) in [5, 5.41) is 3.08. The van der Waals surface area contributed by atoms with Crippen molar-refractivity contribution in [3.05, 3.63) is 52.6 Å². The standard InChI is InChI=1S/C17H20N2O4/c1-5-23-17(21)14-11(3)19-10(2)13(16(20)22-4)15(14)12-6-8-18-9-7-12/h6-9,15,19H,5H2,1-4H3. The van der Waals surface area contributed by atoms with Gasteiger partial charge in [-0.2, -0.15) is 0 Å². The molecule has 23 heavy (non-hydrogen) atoms. The topological polar surface area (TPSA) is 77.5 Å². The first kappa shape index (κ1) is 16.7. The minimum atomic E-state index is -0.550. The summed E-state index contributed by atoms with van der Waals surface area (Å²) in [6.07, 6.45) is 3.25. The first-order chi connectivity index (χ1) is 11.0. The summed E-state index contributed by atoms with van der Waals surface area (Å²) in [4.78, 5) is 28.7. The van der Waals surface area contributed by atoms with Crippen LogP contribution in [0.5, 0.6) is 0 Å². The molecule has 1 unspecified atom stereocenters. The molecule has 0 bridgehead atoms. The average molecular weight is 316 g/mol. The zero-order valence-electron chi connectivity index (χ0n) is 13.7. The van der Waals surface area contributed by atoms with Gasteiger partial charge in [-0.3, -0.25) is 4.98 Å². The Morgan fingerprint density at radius 2 is 1.70 bits per heavy atom. The molecule has 6 heteroatoms. The number of hydrogen-bond donors (Lipinski definition) is 1. The quantitative estimate of drug-likeness (QED) is 0.857. The minimum absolute atomic E-state index is 0.259. The fraction of sp³-hybridized carbons (Fsp3) is 0.353. The van der Waals surface area contributed by atoms with Crippen molar-refractivity contribution in [3.63, 3.8) is 0 Å². The number of dihydropyridines is 1. The highest BCUT2D eigenvalue weighted by molar-refractivity contribution is 5.99. The van der Waals surface area contributed by atoms with Crippen molar-refractivity contribution in [3.8, 4) is 0 Å². The Hall–Kier alpha value is -2.63. The van der Waals surface area contributed by atoms with E-state index in [2.05, 4.69) is 10.3 Å². The normalized spacial score (nSPS) is 17.7. The molecule has 6 nitrogen and oxygen atoms in total. The average Bonchev–Trinajstić information content (AvgIpc) is 2.54. The Bertz CT molecular complexity index is 677. The molecule has 0 saturated carbocycles. The van der Waals surface area contributed by atoms with E-state index in [0.29, 0.717) is 22.5 Å². The zero-order chi connectivity index (χ0) is 17.0. The van der Waals surface area contributed by atoms with E-state index >= 15 is 0 Å². The number of ether oxygens (including phenoxy) is 2. The van der Waals surface area contributed by atoms with Crippen LogP contribution in [0.2, 0.25) is 0 Å². The smallest absolute Gasteiger partial charge is 0.336 e. The largest absolute Gasteiger partial charge is 0.466 e. The van der Waals surface area contributed by atoms with Crippen molar-refractivity contribution < 1.29 is 19.1 Å². The van der Waals surface area contributed by atoms with E-state index < -0.39 is 17.9 Å². The van der Waals surface area contributed by atoms with Gasteiger partial charge < -0.3 is 14.8 Å². The molecule has 1 atom stereocenters. The zero-order valence-corrected chi connectivity index (χ0v) is 13.7. The third-order valence-corrected chi connectivity index (χ3v) is 3.70. The molecule has 2 rings (SSSR count). The van der Waals surface area contributed by atoms with Gasteiger partial charge in [-0.15, -0.1) is 0 Å². The van der Waals surface area contributed by atoms with Crippen molar-refractivity contribution in [2.45, 2.75) is 26.7 Å². The number of aromatic nitrogens is 1. The Morgan fingerprint density at radius 1 is 1.13 bits per heavy atom. The molecular weight excluding hydrogens is 296 g/mol. The predicted molar refractivity (Wildman–Crippen MR) is 84.2 cm³/mol. The number of pyridine rings is 1. The Morgan fingerprint density at radius 3 is 2.22 bits per heavy atom. The summed E-state index contributed by atoms with van der Waals surface area (Å²) >= 11 is 0. The van der Waals surface area contributed by atoms with E-state index in [1.807, 2.05) is 0 Å². The van der Waals surface area contributed by atoms with Gasteiger partial charge in [0.2, 0.25) is 0 Å². The van der Waals surface area contributed by atoms with Crippen LogP contribution in [0, 0.1) is 0 Å². The second-order valence-corrected chi connectivity index (χ2v) is 5.13. The highest BCUT2D eigenvalue weighted by atomic mass is 16.5. The third-order valence-electron chi connectivity index (χ3n) is 3.70. The molecule has 1 aliphatic heterocycles. The molecule has 1 aliphatic rings. The van der Waals surface area contributed by atoms with E-state index in [1.54, 1.807) is 45.3 Å². The Balaban J connectivity index is 2.62. The number of hydrogen-bond acceptors (Lipinski definition) is 6. The number of esters is 2. The predicted octanol–water partition coefficient (Wildman–Crippen LogP) is 2.05. The van der Waals surface area contributed by atoms with Gasteiger partial charge in [0.15, 0.2) is 0 Å². The van der Waals surface area contributed by atoms with Crippen molar-refractivity contribution in [2.75, 3.05) is 13.7 Å². The van der Waals surface area contributed by atoms with Crippen molar-refractivity contribution >= 4 is 11.9 Å². The lowest BCUT2D eigenvalue weighted by molar-refractivity contribution is -0.139. The first-order valence-electron chi connectivity index (χ1n) is 7.35. The van der Waals surface area contributed by atoms with Crippen LogP contribution in [-0.2, 0) is 19.1 Å². The van der Waals surface area contributed by atoms with Crippen molar-refractivity contribution in [2.24, 2.45) is 0 Å². The van der Waals surface area contributed by atoms with Crippen LogP contribution in [0.3, 0.4) is 0 Å². The fourth-order valence-electron chi connectivity index (χ4n) is 2.74. The summed E-state index contributed by atoms with van der Waals surface area (Å²) in [5.74, 6) is -1.48. The molecular formula is C17H20N2O4. The van der Waals surface area contributed by atoms with Gasteiger partial charge >= 0.3 is 11.9 Å². The Kier molecular flexibility index (Phi) is 5.16. The van der Waals surface area contributed by atoms with Gasteiger partial charge in [0.05, 0.1) is 30.8 Å². The van der Waals surface area contributed by atoms with E-state index in [0.717, 1.165) is 5.56 Å². The van der Waals surface area contributed by atoms with E-state index in [9.17, 15) is 9.59 Å². The summed E-state index contributed by atoms with van der Waals surface area (Å²) in [5.41, 5.74) is 2.90. The molecule has 0 fully saturated rings. The molecule has 0 spiro atoms. The van der Waals surface area contributed by atoms with Gasteiger partial charge in [-0.05, 0) is 38.5 Å². The maximum atomic E-state index is 12.4. The second-order valence-electron chi connectivity index (χ2n) is 5.13. The minimum Gasteiger partial charge on any atom is -0.466 e. The second kappa shape index (κ2) is 7.09. The van der Waals surface area contributed by atoms with Crippen LogP contribution in [0.25, 0.3) is 0 Å². The number of carbonyl (C=O) groups is 2. The van der Waals surface area contributed by atoms with Crippen LogP contribution in [0.4, 0.5) is 0 Å². The number of carbonyl (C=O) groups excluding carboxylic acids is 2. The van der Waals surface area contributed by atoms with Crippen LogP contribution < -0.4 is 5.32 Å². The molecule has 0 aliphatic carbocycles. The highest BCUT2D eigenvalue weighted by Crippen LogP contribution is 2.38. The number of methoxy groups -OCH3 is 1. The lowest BCUT2D eigenvalue weighted by Gasteiger charge is -2.30. The fourth-order valence-corrected chi connectivity index (χ4v) is 2.74. The van der Waals surface area contributed by atoms with Crippen molar-refractivity contribution in [1.82, 2.24) is 10.3 Å². The SMILES string of the molecule is CCOC(=O)C1=C(C)NC(C)=C(C(=O)OC)C1c1ccncc1. The van der Waals surface area contributed by atoms with Crippen LogP contribution in [-0.4, -0.2) is 30.6 Å². The van der Waals surface area contributed by atoms with Gasteiger partial charge in [-0.1, -0.05) is 0 Å². The lowest BCUT2D eigenvalue weighted by Crippen LogP contribution is -2.32. The summed E-state index contributed by atoms with van der Waals surface area (Å²) < 4.78 is 10.1. The maximum Gasteiger partial charge on any atom is 0.336 e. The number of nitrogens with zero attached hydrogens (tertiary/aromatic N) is 1. The summed E-state index contributed by atoms with van der Waals surface area (Å²) in [7, 11) is 1.32. The molecule has 0 amide bonds. The lowest BCUT2D eigenvalue weighted by atomic mass is 9.81.